The van der Waals surface area contributed by atoms with E-state index in [0.29, 0.717) is 30.4 Å². The SMILES string of the molecule is O=C(OC[C@H]1CCCN2CCCC[C@@H]12)C12C[C@@H]3C[C@@H](CC(Cl)(C3)C1)C2. The Morgan fingerprint density at radius 3 is 2.56 bits per heavy atom. The van der Waals surface area contributed by atoms with Crippen molar-refractivity contribution < 1.29 is 9.53 Å². The molecule has 0 aromatic heterocycles. The van der Waals surface area contributed by atoms with Crippen molar-refractivity contribution in [2.24, 2.45) is 23.2 Å². The first kappa shape index (κ1) is 16.9. The number of ether oxygens (including phenoxy) is 1. The second-order valence-electron chi connectivity index (χ2n) is 9.99. The molecule has 2 aliphatic heterocycles. The molecule has 0 radical (unpaired) electrons. The number of piperidine rings is 2. The molecule has 6 atom stereocenters. The highest BCUT2D eigenvalue weighted by Crippen LogP contribution is 2.64. The van der Waals surface area contributed by atoms with E-state index >= 15 is 0 Å². The van der Waals surface area contributed by atoms with E-state index in [9.17, 15) is 4.79 Å². The van der Waals surface area contributed by atoms with E-state index in [1.54, 1.807) is 0 Å². The van der Waals surface area contributed by atoms with Crippen molar-refractivity contribution in [2.75, 3.05) is 19.7 Å². The maximum Gasteiger partial charge on any atom is 0.312 e. The van der Waals surface area contributed by atoms with Crippen LogP contribution < -0.4 is 0 Å². The maximum atomic E-state index is 13.1. The zero-order valence-corrected chi connectivity index (χ0v) is 16.1. The van der Waals surface area contributed by atoms with Gasteiger partial charge in [0.05, 0.1) is 12.0 Å². The van der Waals surface area contributed by atoms with Gasteiger partial charge in [0, 0.05) is 16.8 Å². The topological polar surface area (TPSA) is 29.5 Å². The average molecular weight is 366 g/mol. The smallest absolute Gasteiger partial charge is 0.312 e. The molecule has 0 aromatic carbocycles. The minimum absolute atomic E-state index is 0.0968. The first-order valence-corrected chi connectivity index (χ1v) is 11.0. The summed E-state index contributed by atoms with van der Waals surface area (Å²) in [5, 5.41) is 0. The number of nitrogens with zero attached hydrogens (tertiary/aromatic N) is 1. The highest BCUT2D eigenvalue weighted by Gasteiger charge is 2.60. The summed E-state index contributed by atoms with van der Waals surface area (Å²) in [6, 6.07) is 0.658. The summed E-state index contributed by atoms with van der Waals surface area (Å²) in [4.78, 5) is 15.7. The predicted octanol–water partition coefficient (Wildman–Crippen LogP) is 4.37. The third kappa shape index (κ3) is 2.94. The fourth-order valence-electron chi connectivity index (χ4n) is 7.50. The first-order chi connectivity index (χ1) is 12.1. The highest BCUT2D eigenvalue weighted by atomic mass is 35.5. The van der Waals surface area contributed by atoms with E-state index in [4.69, 9.17) is 16.3 Å². The van der Waals surface area contributed by atoms with E-state index in [1.165, 1.54) is 51.6 Å². The second kappa shape index (κ2) is 6.12. The van der Waals surface area contributed by atoms with Crippen molar-refractivity contribution in [1.29, 1.82) is 0 Å². The summed E-state index contributed by atoms with van der Waals surface area (Å²) in [6.45, 7) is 3.14. The number of carbonyl (C=O) groups excluding carboxylic acids is 1. The van der Waals surface area contributed by atoms with Gasteiger partial charge in [0.15, 0.2) is 0 Å². The van der Waals surface area contributed by atoms with Crippen LogP contribution in [0.1, 0.15) is 70.6 Å². The minimum Gasteiger partial charge on any atom is -0.465 e. The fraction of sp³-hybridized carbons (Fsp3) is 0.952. The van der Waals surface area contributed by atoms with Crippen molar-refractivity contribution in [3.05, 3.63) is 0 Å². The Balaban J connectivity index is 1.25. The summed E-state index contributed by atoms with van der Waals surface area (Å²) in [5.41, 5.74) is -0.243. The lowest BCUT2D eigenvalue weighted by molar-refractivity contribution is -0.172. The van der Waals surface area contributed by atoms with Crippen LogP contribution in [0, 0.1) is 23.2 Å². The molecule has 0 amide bonds. The number of halogens is 1. The Hall–Kier alpha value is -0.280. The molecule has 4 saturated carbocycles. The quantitative estimate of drug-likeness (QED) is 0.549. The number of fused-ring (bicyclic) bond motifs is 1. The van der Waals surface area contributed by atoms with Gasteiger partial charge in [-0.2, -0.15) is 0 Å². The molecule has 4 bridgehead atoms. The summed E-state index contributed by atoms with van der Waals surface area (Å²) in [5.74, 6) is 1.97. The Labute approximate surface area is 156 Å². The molecule has 4 heteroatoms. The molecule has 6 fully saturated rings. The normalized spacial score (nSPS) is 49.0. The third-order valence-corrected chi connectivity index (χ3v) is 8.52. The van der Waals surface area contributed by atoms with Gasteiger partial charge in [0.25, 0.3) is 0 Å². The van der Waals surface area contributed by atoms with Crippen molar-refractivity contribution in [3.8, 4) is 0 Å². The van der Waals surface area contributed by atoms with Crippen LogP contribution in [0.2, 0.25) is 0 Å². The summed E-state index contributed by atoms with van der Waals surface area (Å²) >= 11 is 6.89. The molecule has 3 nitrogen and oxygen atoms in total. The standard InChI is InChI=1S/C21H32ClNO2/c22-21-11-15-8-16(12-21)10-20(9-15,14-21)19(24)25-13-17-4-3-7-23-6-2-1-5-18(17)23/h15-18H,1-14H2/t15-,16+,17-,18+,20?,21?/m1/s1. The average Bonchev–Trinajstić information content (AvgIpc) is 2.57. The molecular weight excluding hydrogens is 334 g/mol. The number of alkyl halides is 1. The number of hydrogen-bond donors (Lipinski definition) is 0. The lowest BCUT2D eigenvalue weighted by Gasteiger charge is -2.58. The number of esters is 1. The number of carbonyl (C=O) groups is 1. The fourth-order valence-corrected chi connectivity index (χ4v) is 8.19. The summed E-state index contributed by atoms with van der Waals surface area (Å²) < 4.78 is 6.04. The van der Waals surface area contributed by atoms with E-state index < -0.39 is 0 Å². The zero-order chi connectivity index (χ0) is 17.1. The van der Waals surface area contributed by atoms with Crippen LogP contribution in [0.4, 0.5) is 0 Å². The largest absolute Gasteiger partial charge is 0.465 e. The van der Waals surface area contributed by atoms with Crippen LogP contribution >= 0.6 is 11.6 Å². The first-order valence-electron chi connectivity index (χ1n) is 10.7. The monoisotopic (exact) mass is 365 g/mol. The van der Waals surface area contributed by atoms with Gasteiger partial charge in [-0.15, -0.1) is 11.6 Å². The Morgan fingerprint density at radius 1 is 1.04 bits per heavy atom. The molecule has 4 aliphatic carbocycles. The molecule has 0 N–H and O–H groups in total. The predicted molar refractivity (Wildman–Crippen MR) is 98.6 cm³/mol. The minimum atomic E-state index is -0.243. The molecule has 2 unspecified atom stereocenters. The third-order valence-electron chi connectivity index (χ3n) is 8.08. The van der Waals surface area contributed by atoms with Gasteiger partial charge < -0.3 is 4.74 Å². The Bertz CT molecular complexity index is 534. The van der Waals surface area contributed by atoms with E-state index in [2.05, 4.69) is 4.90 Å². The lowest BCUT2D eigenvalue weighted by atomic mass is 9.49. The van der Waals surface area contributed by atoms with Crippen molar-refractivity contribution >= 4 is 17.6 Å². The Morgan fingerprint density at radius 2 is 1.80 bits per heavy atom. The number of rotatable bonds is 3. The van der Waals surface area contributed by atoms with Crippen LogP contribution in [0.15, 0.2) is 0 Å². The van der Waals surface area contributed by atoms with Gasteiger partial charge in [-0.3, -0.25) is 9.69 Å². The molecular formula is C21H32ClNO2. The summed E-state index contributed by atoms with van der Waals surface area (Å²) in [6.07, 6.45) is 13.0. The summed E-state index contributed by atoms with van der Waals surface area (Å²) in [7, 11) is 0. The van der Waals surface area contributed by atoms with E-state index in [-0.39, 0.29) is 16.3 Å². The lowest BCUT2D eigenvalue weighted by Crippen LogP contribution is -2.56. The molecule has 0 spiro atoms. The molecule has 25 heavy (non-hydrogen) atoms. The van der Waals surface area contributed by atoms with Crippen LogP contribution in [-0.4, -0.2) is 41.5 Å². The van der Waals surface area contributed by atoms with Crippen LogP contribution in [0.25, 0.3) is 0 Å². The molecule has 0 aromatic rings. The van der Waals surface area contributed by atoms with Gasteiger partial charge >= 0.3 is 5.97 Å². The van der Waals surface area contributed by atoms with Crippen molar-refractivity contribution in [3.63, 3.8) is 0 Å². The molecule has 2 heterocycles. The highest BCUT2D eigenvalue weighted by molar-refractivity contribution is 6.24. The van der Waals surface area contributed by atoms with Crippen LogP contribution in [0.5, 0.6) is 0 Å². The number of hydrogen-bond acceptors (Lipinski definition) is 3. The zero-order valence-electron chi connectivity index (χ0n) is 15.4. The Kier molecular flexibility index (Phi) is 4.13. The van der Waals surface area contributed by atoms with Gasteiger partial charge in [-0.05, 0) is 89.1 Å². The molecule has 6 rings (SSSR count). The second-order valence-corrected chi connectivity index (χ2v) is 10.8. The van der Waals surface area contributed by atoms with E-state index in [1.807, 2.05) is 0 Å². The molecule has 140 valence electrons. The molecule has 6 aliphatic rings. The van der Waals surface area contributed by atoms with Gasteiger partial charge in [-0.1, -0.05) is 6.42 Å². The van der Waals surface area contributed by atoms with Gasteiger partial charge in [0.1, 0.15) is 0 Å². The maximum absolute atomic E-state index is 13.1. The van der Waals surface area contributed by atoms with Gasteiger partial charge in [-0.25, -0.2) is 0 Å². The van der Waals surface area contributed by atoms with Crippen molar-refractivity contribution in [1.82, 2.24) is 4.90 Å². The van der Waals surface area contributed by atoms with Gasteiger partial charge in [0.2, 0.25) is 0 Å². The van der Waals surface area contributed by atoms with Crippen LogP contribution in [0.3, 0.4) is 0 Å². The van der Waals surface area contributed by atoms with E-state index in [0.717, 1.165) is 32.1 Å². The molecule has 2 saturated heterocycles. The van der Waals surface area contributed by atoms with Crippen LogP contribution in [-0.2, 0) is 9.53 Å². The van der Waals surface area contributed by atoms with Crippen molar-refractivity contribution in [2.45, 2.75) is 81.5 Å².